The minimum Gasteiger partial charge on any atom is -0.657 e. The molecule has 4 aromatic carbocycles. The molecule has 0 atom stereocenters. The number of allylic oxidation sites excluding steroid dienone is 4. The monoisotopic (exact) mass is 1030 g/mol. The molecule has 4 nitrogen and oxygen atoms in total. The molecular weight excluding hydrogens is 962 g/mol. The Labute approximate surface area is 459 Å². The van der Waals surface area contributed by atoms with Gasteiger partial charge in [-0.15, -0.1) is 28.5 Å². The minimum absolute atomic E-state index is 0. The number of aromatic nitrogens is 4. The average Bonchev–Trinajstić information content (AvgIpc) is 4.07. The number of terminal acetylenes is 1. The van der Waals surface area contributed by atoms with E-state index in [1.54, 1.807) is 0 Å². The number of hydrogen-bond acceptors (Lipinski definition) is 2. The summed E-state index contributed by atoms with van der Waals surface area (Å²) in [6.45, 7) is 31.8. The van der Waals surface area contributed by atoms with Gasteiger partial charge in [-0.3, -0.25) is 0 Å². The van der Waals surface area contributed by atoms with Gasteiger partial charge < -0.3 is 9.97 Å². The molecule has 0 spiro atoms. The first-order valence-electron chi connectivity index (χ1n) is 26.4. The fourth-order valence-corrected chi connectivity index (χ4v) is 10.6. The SMILES string of the molecule is C#Cc1ccc(C#Cc2ccc(C#Cc3ccc(-c4c5[n-]c(cc6nc(c(-c7cc(C(C)(C)C)cc(C(C)(C)C)c7)c7nc(cc8[n-]c4c(C)c8CC)C(CC)=C7C)C(C)=C6CC)c(CC)c5C)cc3)cc2)cc1.[Zn+2]. The Kier molecular flexibility index (Phi) is 15.5. The Hall–Kier alpha value is -7.22. The Morgan fingerprint density at radius 3 is 1.15 bits per heavy atom. The second kappa shape index (κ2) is 21.6. The molecule has 0 fully saturated rings. The third kappa shape index (κ3) is 10.6. The zero-order chi connectivity index (χ0) is 52.8. The zero-order valence-electron chi connectivity index (χ0n) is 46.7. The molecular formula is C70H68N4Zn. The van der Waals surface area contributed by atoms with Crippen LogP contribution < -0.4 is 9.97 Å². The van der Waals surface area contributed by atoms with Crippen LogP contribution in [0.1, 0.15) is 180 Å². The molecule has 2 aliphatic rings. The van der Waals surface area contributed by atoms with Gasteiger partial charge in [0.15, 0.2) is 0 Å². The van der Waals surface area contributed by atoms with Gasteiger partial charge in [0.25, 0.3) is 0 Å². The zero-order valence-corrected chi connectivity index (χ0v) is 49.7. The van der Waals surface area contributed by atoms with E-state index in [1.807, 2.05) is 48.5 Å². The van der Waals surface area contributed by atoms with Gasteiger partial charge in [-0.25, -0.2) is 9.97 Å². The fourth-order valence-electron chi connectivity index (χ4n) is 10.6. The third-order valence-corrected chi connectivity index (χ3v) is 15.1. The molecule has 0 aliphatic carbocycles. The molecule has 9 rings (SSSR count). The number of nitrogens with zero attached hydrogens (tertiary/aromatic N) is 4. The molecule has 370 valence electrons. The van der Waals surface area contributed by atoms with Crippen LogP contribution in [-0.4, -0.2) is 9.97 Å². The van der Waals surface area contributed by atoms with Crippen molar-refractivity contribution in [2.45, 2.75) is 133 Å². The summed E-state index contributed by atoms with van der Waals surface area (Å²) < 4.78 is 0. The van der Waals surface area contributed by atoms with Crippen LogP contribution in [0.2, 0.25) is 0 Å². The number of aryl methyl sites for hydroxylation is 4. The number of rotatable bonds is 6. The molecule has 0 unspecified atom stereocenters. The van der Waals surface area contributed by atoms with Crippen molar-refractivity contribution in [2.75, 3.05) is 0 Å². The van der Waals surface area contributed by atoms with E-state index < -0.39 is 0 Å². The fraction of sp³-hybridized carbons (Fsp3) is 0.286. The number of fused-ring (bicyclic) bond motifs is 8. The van der Waals surface area contributed by atoms with Crippen LogP contribution in [0.5, 0.6) is 0 Å². The van der Waals surface area contributed by atoms with Crippen molar-refractivity contribution >= 4 is 44.4 Å². The van der Waals surface area contributed by atoms with Gasteiger partial charge >= 0.3 is 19.5 Å². The summed E-state index contributed by atoms with van der Waals surface area (Å²) in [5.41, 5.74) is 28.6. The minimum atomic E-state index is -0.0700. The van der Waals surface area contributed by atoms with E-state index in [4.69, 9.17) is 26.4 Å². The van der Waals surface area contributed by atoms with Crippen molar-refractivity contribution < 1.29 is 19.5 Å². The quantitative estimate of drug-likeness (QED) is 0.123. The largest absolute Gasteiger partial charge is 2.00 e. The maximum atomic E-state index is 5.70. The van der Waals surface area contributed by atoms with Crippen LogP contribution in [0.4, 0.5) is 0 Å². The van der Waals surface area contributed by atoms with Crippen molar-refractivity contribution in [1.82, 2.24) is 19.9 Å². The van der Waals surface area contributed by atoms with Crippen molar-refractivity contribution in [3.63, 3.8) is 0 Å². The number of benzene rings is 4. The molecule has 0 N–H and O–H groups in total. The normalized spacial score (nSPS) is 12.4. The maximum Gasteiger partial charge on any atom is 2.00 e. The van der Waals surface area contributed by atoms with Crippen LogP contribution in [0.3, 0.4) is 0 Å². The predicted octanol–water partition coefficient (Wildman–Crippen LogP) is 16.7. The Morgan fingerprint density at radius 2 is 0.813 bits per heavy atom. The summed E-state index contributed by atoms with van der Waals surface area (Å²) >= 11 is 0. The predicted molar refractivity (Wildman–Crippen MR) is 314 cm³/mol. The average molecular weight is 1030 g/mol. The van der Waals surface area contributed by atoms with E-state index in [0.29, 0.717) is 0 Å². The van der Waals surface area contributed by atoms with Crippen molar-refractivity contribution in [1.29, 1.82) is 0 Å². The van der Waals surface area contributed by atoms with E-state index in [-0.39, 0.29) is 30.3 Å². The smallest absolute Gasteiger partial charge is 0.657 e. The van der Waals surface area contributed by atoms with Gasteiger partial charge in [-0.2, -0.15) is 0 Å². The second-order valence-corrected chi connectivity index (χ2v) is 21.9. The molecule has 0 radical (unpaired) electrons. The van der Waals surface area contributed by atoms with Crippen LogP contribution in [0, 0.1) is 49.9 Å². The van der Waals surface area contributed by atoms with E-state index >= 15 is 0 Å². The van der Waals surface area contributed by atoms with Crippen LogP contribution in [0.15, 0.2) is 103 Å². The van der Waals surface area contributed by atoms with Crippen LogP contribution in [-0.2, 0) is 43.1 Å². The molecule has 5 heterocycles. The van der Waals surface area contributed by atoms with Gasteiger partial charge in [0.1, 0.15) is 0 Å². The van der Waals surface area contributed by atoms with Crippen molar-refractivity contribution in [2.24, 2.45) is 0 Å². The molecule has 5 heteroatoms. The molecule has 0 saturated heterocycles. The molecule has 3 aromatic heterocycles. The summed E-state index contributed by atoms with van der Waals surface area (Å²) in [4.78, 5) is 22.7. The molecule has 75 heavy (non-hydrogen) atoms. The first-order chi connectivity index (χ1) is 35.3. The maximum absolute atomic E-state index is 5.70. The standard InChI is InChI=1S/C70H68N4.Zn/c1-16-46-21-23-47(24-22-46)25-26-48-27-29-49(30-28-48)31-32-50-33-35-51(36-34-50)63-65-42(6)55(17-2)59(71-65)40-61-57(19-4)44(8)67(73-61)64(52-37-53(69(10,11)12)39-54(38-52)70(13,14)15)68-45(9)58(20-5)62(74-68)41-60-56(18-3)43(7)66(63)72-60;/h1,21-24,27-30,33-41H,17-20H2,2-15H3;/q-2;+2. The number of hydrogen-bond donors (Lipinski definition) is 0. The van der Waals surface area contributed by atoms with E-state index in [0.717, 1.165) is 132 Å². The molecule has 0 saturated carbocycles. The summed E-state index contributed by atoms with van der Waals surface area (Å²) in [7, 11) is 0. The first-order valence-corrected chi connectivity index (χ1v) is 26.4. The Bertz CT molecular complexity index is 3650. The molecule has 2 aliphatic heterocycles. The van der Waals surface area contributed by atoms with E-state index in [1.165, 1.54) is 44.5 Å². The summed E-state index contributed by atoms with van der Waals surface area (Å²) in [5, 5.41) is 0. The molecule has 0 amide bonds. The van der Waals surface area contributed by atoms with Crippen molar-refractivity contribution in [3.8, 4) is 58.3 Å². The Balaban J connectivity index is 0.00000747. The van der Waals surface area contributed by atoms with Gasteiger partial charge in [0, 0.05) is 33.4 Å². The second-order valence-electron chi connectivity index (χ2n) is 21.9. The van der Waals surface area contributed by atoms with Crippen LogP contribution >= 0.6 is 0 Å². The van der Waals surface area contributed by atoms with E-state index in [2.05, 4.69) is 181 Å². The summed E-state index contributed by atoms with van der Waals surface area (Å²) in [5.74, 6) is 15.9. The Morgan fingerprint density at radius 1 is 0.453 bits per heavy atom. The van der Waals surface area contributed by atoms with Crippen LogP contribution in [0.25, 0.3) is 66.6 Å². The van der Waals surface area contributed by atoms with E-state index in [9.17, 15) is 0 Å². The topological polar surface area (TPSA) is 54.0 Å². The summed E-state index contributed by atoms with van der Waals surface area (Å²) in [6.07, 6.45) is 8.84. The van der Waals surface area contributed by atoms with Crippen molar-refractivity contribution in [3.05, 3.63) is 187 Å². The molecule has 8 bridgehead atoms. The van der Waals surface area contributed by atoms with Gasteiger partial charge in [-0.05, 0) is 175 Å². The van der Waals surface area contributed by atoms with Gasteiger partial charge in [0.05, 0.1) is 22.8 Å². The van der Waals surface area contributed by atoms with Gasteiger partial charge in [0.2, 0.25) is 0 Å². The first kappa shape index (κ1) is 54.1. The van der Waals surface area contributed by atoms with Gasteiger partial charge in [-0.1, -0.05) is 164 Å². The molecule has 7 aromatic rings. The summed E-state index contributed by atoms with van der Waals surface area (Å²) in [6, 6.07) is 36.1. The third-order valence-electron chi connectivity index (χ3n) is 15.1.